The highest BCUT2D eigenvalue weighted by atomic mass is 16.5. The van der Waals surface area contributed by atoms with E-state index in [4.69, 9.17) is 19.9 Å². The molecule has 186 valence electrons. The predicted molar refractivity (Wildman–Crippen MR) is 131 cm³/mol. The van der Waals surface area contributed by atoms with Gasteiger partial charge in [0, 0.05) is 38.0 Å². The van der Waals surface area contributed by atoms with Crippen LogP contribution in [0.15, 0.2) is 30.6 Å². The zero-order valence-electron chi connectivity index (χ0n) is 20.1. The Morgan fingerprint density at radius 1 is 1.11 bits per heavy atom. The molecule has 1 amide bonds. The van der Waals surface area contributed by atoms with Crippen molar-refractivity contribution in [2.75, 3.05) is 31.2 Å². The first-order chi connectivity index (χ1) is 17.0. The molecule has 1 aliphatic heterocycles. The number of nitrogens with one attached hydrogen (secondary N) is 1. The molecule has 1 saturated heterocycles. The third-order valence-corrected chi connectivity index (χ3v) is 6.07. The van der Waals surface area contributed by atoms with Crippen LogP contribution in [0.1, 0.15) is 44.6 Å². The summed E-state index contributed by atoms with van der Waals surface area (Å²) in [7, 11) is 0. The molecule has 2 aromatic heterocycles. The highest BCUT2D eigenvalue weighted by Crippen LogP contribution is 2.28. The highest BCUT2D eigenvalue weighted by Gasteiger charge is 2.21. The third kappa shape index (κ3) is 6.40. The van der Waals surface area contributed by atoms with Crippen LogP contribution < -0.4 is 10.4 Å². The van der Waals surface area contributed by atoms with E-state index >= 15 is 0 Å². The number of anilines is 1. The lowest BCUT2D eigenvalue weighted by Crippen LogP contribution is -2.37. The molecular formula is C25H32N6O4. The fourth-order valence-corrected chi connectivity index (χ4v) is 4.30. The van der Waals surface area contributed by atoms with E-state index in [1.54, 1.807) is 12.4 Å². The van der Waals surface area contributed by atoms with Crippen molar-refractivity contribution in [3.63, 3.8) is 0 Å². The van der Waals surface area contributed by atoms with Gasteiger partial charge in [-0.15, -0.1) is 0 Å². The topological polar surface area (TPSA) is 122 Å². The number of carbonyl (C=O) groups is 2. The summed E-state index contributed by atoms with van der Waals surface area (Å²) in [6.07, 6.45) is 6.05. The van der Waals surface area contributed by atoms with Gasteiger partial charge in [-0.3, -0.25) is 14.8 Å². The molecule has 2 N–H and O–H groups in total. The number of Topliss-reactive ketones (excluding diaryl/α,β-unsaturated/α-hetero) is 1. The molecule has 35 heavy (non-hydrogen) atoms. The number of nitrogens with zero attached hydrogens (tertiary/aromatic N) is 5. The molecule has 1 fully saturated rings. The summed E-state index contributed by atoms with van der Waals surface area (Å²) in [5.74, 6) is 1.18. The van der Waals surface area contributed by atoms with Crippen LogP contribution >= 0.6 is 0 Å². The lowest BCUT2D eigenvalue weighted by atomic mass is 10.1. The number of ketones is 1. The Labute approximate surface area is 204 Å². The second-order valence-electron chi connectivity index (χ2n) is 8.86. The molecule has 0 unspecified atom stereocenters. The molecule has 0 radical (unpaired) electrons. The quantitative estimate of drug-likeness (QED) is 0.244. The first-order valence-corrected chi connectivity index (χ1v) is 12.1. The van der Waals surface area contributed by atoms with Crippen molar-refractivity contribution in [1.82, 2.24) is 25.0 Å². The number of hydrogen-bond acceptors (Lipinski definition) is 8. The van der Waals surface area contributed by atoms with E-state index in [9.17, 15) is 9.59 Å². The number of hydroxylamine groups is 1. The Morgan fingerprint density at radius 2 is 1.91 bits per heavy atom. The van der Waals surface area contributed by atoms with E-state index in [0.717, 1.165) is 73.4 Å². The maximum absolute atomic E-state index is 11.6. The summed E-state index contributed by atoms with van der Waals surface area (Å²) in [6, 6.07) is 7.83. The van der Waals surface area contributed by atoms with Gasteiger partial charge in [-0.2, -0.15) is 0 Å². The zero-order valence-corrected chi connectivity index (χ0v) is 20.1. The zero-order chi connectivity index (χ0) is 24.6. The number of rotatable bonds is 11. The van der Waals surface area contributed by atoms with Gasteiger partial charge in [-0.05, 0) is 31.4 Å². The molecular weight excluding hydrogens is 448 g/mol. The van der Waals surface area contributed by atoms with Crippen molar-refractivity contribution in [3.05, 3.63) is 36.2 Å². The molecule has 10 heteroatoms. The first kappa shape index (κ1) is 24.7. The van der Waals surface area contributed by atoms with Crippen LogP contribution in [0.25, 0.3) is 22.6 Å². The first-order valence-electron chi connectivity index (χ1n) is 12.1. The molecule has 3 aromatic rings. The minimum atomic E-state index is -0.349. The molecule has 4 rings (SSSR count). The van der Waals surface area contributed by atoms with Crippen molar-refractivity contribution in [2.24, 2.45) is 0 Å². The van der Waals surface area contributed by atoms with Crippen LogP contribution in [-0.2, 0) is 27.3 Å². The molecule has 10 nitrogen and oxygen atoms in total. The highest BCUT2D eigenvalue weighted by molar-refractivity contribution is 5.86. The Hall–Kier alpha value is -3.37. The summed E-state index contributed by atoms with van der Waals surface area (Å²) < 4.78 is 7.59. The lowest BCUT2D eigenvalue weighted by Gasteiger charge is -2.28. The van der Waals surface area contributed by atoms with Crippen molar-refractivity contribution in [3.8, 4) is 11.4 Å². The predicted octanol–water partition coefficient (Wildman–Crippen LogP) is 2.92. The summed E-state index contributed by atoms with van der Waals surface area (Å²) >= 11 is 0. The van der Waals surface area contributed by atoms with Gasteiger partial charge >= 0.3 is 0 Å². The number of carbonyl (C=O) groups excluding carboxylic acids is 2. The number of ether oxygens (including phenoxy) is 1. The van der Waals surface area contributed by atoms with Gasteiger partial charge in [0.2, 0.25) is 5.91 Å². The number of fused-ring (bicyclic) bond motifs is 1. The average molecular weight is 481 g/mol. The number of aryl methyl sites for hydroxylation is 1. The number of hydrogen-bond donors (Lipinski definition) is 2. The van der Waals surface area contributed by atoms with E-state index < -0.39 is 0 Å². The Morgan fingerprint density at radius 3 is 2.69 bits per heavy atom. The second kappa shape index (κ2) is 11.9. The molecule has 3 heterocycles. The van der Waals surface area contributed by atoms with Crippen LogP contribution in [0.4, 0.5) is 5.82 Å². The Balaban J connectivity index is 1.59. The minimum absolute atomic E-state index is 0.114. The molecule has 0 aliphatic carbocycles. The van der Waals surface area contributed by atoms with Crippen LogP contribution in [0.2, 0.25) is 0 Å². The molecule has 0 bridgehead atoms. The van der Waals surface area contributed by atoms with E-state index in [1.165, 1.54) is 0 Å². The third-order valence-electron chi connectivity index (χ3n) is 6.07. The molecule has 1 aliphatic rings. The number of amides is 1. The fourth-order valence-electron chi connectivity index (χ4n) is 4.30. The van der Waals surface area contributed by atoms with Gasteiger partial charge in [0.05, 0.1) is 19.5 Å². The maximum atomic E-state index is 11.6. The van der Waals surface area contributed by atoms with Crippen molar-refractivity contribution in [2.45, 2.75) is 52.0 Å². The maximum Gasteiger partial charge on any atom is 0.243 e. The Kier molecular flexibility index (Phi) is 8.38. The second-order valence-corrected chi connectivity index (χ2v) is 8.86. The SMILES string of the molecule is CC(=O)Cc1cccc(-c2nc(N3CCOCC3)c3ncn(CCCCCCC(=O)NO)c3n2)c1. The van der Waals surface area contributed by atoms with E-state index in [0.29, 0.717) is 31.9 Å². The summed E-state index contributed by atoms with van der Waals surface area (Å²) in [5, 5.41) is 8.59. The summed E-state index contributed by atoms with van der Waals surface area (Å²) in [6.45, 7) is 5.11. The lowest BCUT2D eigenvalue weighted by molar-refractivity contribution is -0.129. The van der Waals surface area contributed by atoms with Crippen LogP contribution in [0.5, 0.6) is 0 Å². The van der Waals surface area contributed by atoms with E-state index in [-0.39, 0.29) is 11.7 Å². The molecule has 0 saturated carbocycles. The smallest absolute Gasteiger partial charge is 0.243 e. The van der Waals surface area contributed by atoms with E-state index in [2.05, 4.69) is 14.5 Å². The largest absolute Gasteiger partial charge is 0.378 e. The van der Waals surface area contributed by atoms with E-state index in [1.807, 2.05) is 30.6 Å². The fraction of sp³-hybridized carbons (Fsp3) is 0.480. The average Bonchev–Trinajstić information content (AvgIpc) is 3.28. The van der Waals surface area contributed by atoms with Gasteiger partial charge in [0.1, 0.15) is 5.78 Å². The number of morpholine rings is 1. The standard InChI is InChI=1S/C25H32N6O4/c1-18(32)15-19-7-6-8-20(16-19)23-27-24(30-11-13-35-14-12-30)22-25(28-23)31(17-26-22)10-5-3-2-4-9-21(33)29-34/h6-8,16-17,34H,2-5,9-15H2,1H3,(H,29,33). The molecule has 0 spiro atoms. The number of imidazole rings is 1. The molecule has 0 atom stereocenters. The van der Waals surface area contributed by atoms with Crippen molar-refractivity contribution in [1.29, 1.82) is 0 Å². The van der Waals surface area contributed by atoms with Gasteiger partial charge in [-0.1, -0.05) is 31.0 Å². The number of aromatic nitrogens is 4. The Bertz CT molecular complexity index is 1170. The van der Waals surface area contributed by atoms with Crippen molar-refractivity contribution >= 4 is 28.7 Å². The van der Waals surface area contributed by atoms with Crippen molar-refractivity contribution < 1.29 is 19.5 Å². The number of benzene rings is 1. The van der Waals surface area contributed by atoms with Crippen LogP contribution in [0, 0.1) is 0 Å². The monoisotopic (exact) mass is 480 g/mol. The number of unbranched alkanes of at least 4 members (excludes halogenated alkanes) is 3. The van der Waals surface area contributed by atoms with Gasteiger partial charge < -0.3 is 14.2 Å². The van der Waals surface area contributed by atoms with Crippen LogP contribution in [0.3, 0.4) is 0 Å². The minimum Gasteiger partial charge on any atom is -0.378 e. The normalized spacial score (nSPS) is 13.8. The van der Waals surface area contributed by atoms with Gasteiger partial charge in [-0.25, -0.2) is 20.4 Å². The summed E-state index contributed by atoms with van der Waals surface area (Å²) in [4.78, 5) is 39.4. The summed E-state index contributed by atoms with van der Waals surface area (Å²) in [5.41, 5.74) is 5.04. The van der Waals surface area contributed by atoms with Crippen LogP contribution in [-0.4, -0.2) is 62.7 Å². The van der Waals surface area contributed by atoms with Gasteiger partial charge in [0.25, 0.3) is 0 Å². The molecule has 1 aromatic carbocycles. The van der Waals surface area contributed by atoms with Gasteiger partial charge in [0.15, 0.2) is 22.8 Å².